The maximum atomic E-state index is 12.6. The fourth-order valence-corrected chi connectivity index (χ4v) is 3.02. The molecule has 1 atom stereocenters. The average Bonchev–Trinajstić information content (AvgIpc) is 3.08. The van der Waals surface area contributed by atoms with Crippen molar-refractivity contribution in [1.82, 2.24) is 9.78 Å². The summed E-state index contributed by atoms with van der Waals surface area (Å²) in [5.41, 5.74) is 3.75. The molecule has 130 valence electrons. The first-order valence-electron chi connectivity index (χ1n) is 7.85. The number of hydrogen-bond acceptors (Lipinski definition) is 4. The topological polar surface area (TPSA) is 97.4 Å². The van der Waals surface area contributed by atoms with E-state index in [2.05, 4.69) is 10.4 Å². The molecule has 3 rings (SSSR count). The number of aromatic carboxylic acids is 1. The molecule has 7 nitrogen and oxygen atoms in total. The number of carbonyl (C=O) groups excluding carboxylic acids is 1. The van der Waals surface area contributed by atoms with Crippen molar-refractivity contribution >= 4 is 28.5 Å². The zero-order valence-corrected chi connectivity index (χ0v) is 14.5. The fourth-order valence-electron chi connectivity index (χ4n) is 3.02. The van der Waals surface area contributed by atoms with Crippen LogP contribution in [0.5, 0.6) is 0 Å². The summed E-state index contributed by atoms with van der Waals surface area (Å²) in [5, 5.41) is 16.8. The monoisotopic (exact) mass is 341 g/mol. The van der Waals surface area contributed by atoms with Gasteiger partial charge in [-0.2, -0.15) is 5.10 Å². The molecule has 2 aromatic heterocycles. The van der Waals surface area contributed by atoms with E-state index in [0.29, 0.717) is 16.7 Å². The van der Waals surface area contributed by atoms with Crippen molar-refractivity contribution in [2.24, 2.45) is 7.05 Å². The minimum atomic E-state index is -1.13. The Morgan fingerprint density at radius 3 is 2.60 bits per heavy atom. The Hall–Kier alpha value is -3.09. The molecule has 0 aliphatic carbocycles. The Morgan fingerprint density at radius 2 is 2.00 bits per heavy atom. The van der Waals surface area contributed by atoms with E-state index in [1.807, 2.05) is 27.8 Å². The van der Waals surface area contributed by atoms with Gasteiger partial charge < -0.3 is 14.8 Å². The largest absolute Gasteiger partial charge is 0.475 e. The highest BCUT2D eigenvalue weighted by Crippen LogP contribution is 2.26. The number of furan rings is 1. The Bertz CT molecular complexity index is 984. The number of nitrogens with one attached hydrogen (secondary N) is 1. The minimum Gasteiger partial charge on any atom is -0.475 e. The number of aryl methyl sites for hydroxylation is 2. The summed E-state index contributed by atoms with van der Waals surface area (Å²) in [5.74, 6) is -1.77. The zero-order valence-electron chi connectivity index (χ0n) is 14.5. The Balaban J connectivity index is 1.84. The average molecular weight is 341 g/mol. The van der Waals surface area contributed by atoms with Crippen molar-refractivity contribution in [1.29, 1.82) is 0 Å². The second-order valence-corrected chi connectivity index (χ2v) is 6.09. The van der Waals surface area contributed by atoms with Gasteiger partial charge in [0.25, 0.3) is 0 Å². The number of benzene rings is 1. The number of amides is 1. The molecule has 3 aromatic rings. The number of carboxylic acid groups (broad SMARTS) is 1. The number of rotatable bonds is 4. The van der Waals surface area contributed by atoms with Crippen LogP contribution in [0.15, 0.2) is 28.7 Å². The molecule has 2 heterocycles. The van der Waals surface area contributed by atoms with Crippen LogP contribution in [0.25, 0.3) is 11.0 Å². The third-order valence-electron chi connectivity index (χ3n) is 4.39. The zero-order chi connectivity index (χ0) is 18.3. The van der Waals surface area contributed by atoms with Gasteiger partial charge in [0, 0.05) is 29.4 Å². The molecule has 1 aromatic carbocycles. The summed E-state index contributed by atoms with van der Waals surface area (Å²) in [6, 6.07) is 6.46. The predicted molar refractivity (Wildman–Crippen MR) is 92.9 cm³/mol. The Labute approximate surface area is 144 Å². The molecule has 0 radical (unpaired) electrons. The van der Waals surface area contributed by atoms with Gasteiger partial charge >= 0.3 is 5.97 Å². The normalized spacial score (nSPS) is 12.3. The second kappa shape index (κ2) is 6.08. The molecule has 0 saturated heterocycles. The van der Waals surface area contributed by atoms with Crippen LogP contribution in [0.4, 0.5) is 5.69 Å². The summed E-state index contributed by atoms with van der Waals surface area (Å²) in [4.78, 5) is 23.6. The van der Waals surface area contributed by atoms with Crippen molar-refractivity contribution in [2.75, 3.05) is 5.32 Å². The van der Waals surface area contributed by atoms with Crippen LogP contribution in [-0.2, 0) is 11.8 Å². The van der Waals surface area contributed by atoms with Gasteiger partial charge in [-0.25, -0.2) is 4.79 Å². The molecule has 1 amide bonds. The number of carboxylic acids is 1. The van der Waals surface area contributed by atoms with Crippen LogP contribution in [0.2, 0.25) is 0 Å². The minimum absolute atomic E-state index is 0.131. The second-order valence-electron chi connectivity index (χ2n) is 6.09. The van der Waals surface area contributed by atoms with E-state index in [1.54, 1.807) is 22.9 Å². The van der Waals surface area contributed by atoms with E-state index < -0.39 is 5.97 Å². The maximum absolute atomic E-state index is 12.6. The van der Waals surface area contributed by atoms with Gasteiger partial charge in [-0.3, -0.25) is 9.48 Å². The number of nitrogens with zero attached hydrogens (tertiary/aromatic N) is 2. The number of anilines is 1. The SMILES string of the molecule is Cc1nn(C)c(C)c1C(C)C(=O)Nc1ccc2oc(C(=O)O)cc2c1. The molecule has 2 N–H and O–H groups in total. The van der Waals surface area contributed by atoms with Crippen LogP contribution in [0.1, 0.15) is 40.3 Å². The molecule has 0 fully saturated rings. The standard InChI is InChI=1S/C18H19N3O4/c1-9(16-10(2)20-21(4)11(16)3)17(22)19-13-5-6-14-12(7-13)8-15(25-14)18(23)24/h5-9H,1-4H3,(H,19,22)(H,23,24). The van der Waals surface area contributed by atoms with E-state index in [4.69, 9.17) is 9.52 Å². The maximum Gasteiger partial charge on any atom is 0.371 e. The van der Waals surface area contributed by atoms with Crippen LogP contribution in [-0.4, -0.2) is 26.8 Å². The van der Waals surface area contributed by atoms with E-state index in [0.717, 1.165) is 17.0 Å². The quantitative estimate of drug-likeness (QED) is 0.759. The molecule has 7 heteroatoms. The molecule has 0 spiro atoms. The molecule has 0 bridgehead atoms. The van der Waals surface area contributed by atoms with Crippen LogP contribution >= 0.6 is 0 Å². The predicted octanol–water partition coefficient (Wildman–Crippen LogP) is 3.22. The summed E-state index contributed by atoms with van der Waals surface area (Å²) in [6.45, 7) is 5.66. The summed E-state index contributed by atoms with van der Waals surface area (Å²) < 4.78 is 6.98. The van der Waals surface area contributed by atoms with Crippen LogP contribution in [0, 0.1) is 13.8 Å². The van der Waals surface area contributed by atoms with E-state index in [9.17, 15) is 9.59 Å². The van der Waals surface area contributed by atoms with Gasteiger partial charge in [0.05, 0.1) is 11.6 Å². The van der Waals surface area contributed by atoms with Crippen molar-refractivity contribution in [3.8, 4) is 0 Å². The summed E-state index contributed by atoms with van der Waals surface area (Å²) >= 11 is 0. The number of fused-ring (bicyclic) bond motifs is 1. The Morgan fingerprint density at radius 1 is 1.28 bits per heavy atom. The van der Waals surface area contributed by atoms with Gasteiger partial charge in [-0.15, -0.1) is 0 Å². The number of aromatic nitrogens is 2. The van der Waals surface area contributed by atoms with Crippen molar-refractivity contribution in [2.45, 2.75) is 26.7 Å². The first-order chi connectivity index (χ1) is 11.8. The van der Waals surface area contributed by atoms with Gasteiger partial charge in [-0.1, -0.05) is 0 Å². The third-order valence-corrected chi connectivity index (χ3v) is 4.39. The summed E-state index contributed by atoms with van der Waals surface area (Å²) in [7, 11) is 1.85. The van der Waals surface area contributed by atoms with Gasteiger partial charge in [0.1, 0.15) is 5.58 Å². The lowest BCUT2D eigenvalue weighted by atomic mass is 9.98. The van der Waals surface area contributed by atoms with E-state index >= 15 is 0 Å². The van der Waals surface area contributed by atoms with Crippen molar-refractivity contribution in [3.05, 3.63) is 47.0 Å². The summed E-state index contributed by atoms with van der Waals surface area (Å²) in [6.07, 6.45) is 0. The fraction of sp³-hybridized carbons (Fsp3) is 0.278. The highest BCUT2D eigenvalue weighted by molar-refractivity contribution is 5.98. The molecule has 1 unspecified atom stereocenters. The number of carbonyl (C=O) groups is 2. The highest BCUT2D eigenvalue weighted by Gasteiger charge is 2.23. The number of hydrogen-bond donors (Lipinski definition) is 2. The first-order valence-corrected chi connectivity index (χ1v) is 7.85. The molecular weight excluding hydrogens is 322 g/mol. The van der Waals surface area contributed by atoms with Crippen molar-refractivity contribution in [3.63, 3.8) is 0 Å². The van der Waals surface area contributed by atoms with Crippen molar-refractivity contribution < 1.29 is 19.1 Å². The smallest absolute Gasteiger partial charge is 0.371 e. The van der Waals surface area contributed by atoms with E-state index in [1.165, 1.54) is 6.07 Å². The molecule has 25 heavy (non-hydrogen) atoms. The first kappa shape index (κ1) is 16.8. The third kappa shape index (κ3) is 3.00. The highest BCUT2D eigenvalue weighted by atomic mass is 16.4. The molecular formula is C18H19N3O4. The van der Waals surface area contributed by atoms with Gasteiger partial charge in [-0.05, 0) is 45.0 Å². The van der Waals surface area contributed by atoms with Gasteiger partial charge in [0.15, 0.2) is 0 Å². The van der Waals surface area contributed by atoms with Gasteiger partial charge in [0.2, 0.25) is 11.7 Å². The van der Waals surface area contributed by atoms with Crippen LogP contribution in [0.3, 0.4) is 0 Å². The van der Waals surface area contributed by atoms with Crippen LogP contribution < -0.4 is 5.32 Å². The molecule has 0 aliphatic rings. The lowest BCUT2D eigenvalue weighted by Crippen LogP contribution is -2.19. The lowest BCUT2D eigenvalue weighted by molar-refractivity contribution is -0.117. The molecule has 0 saturated carbocycles. The van der Waals surface area contributed by atoms with E-state index in [-0.39, 0.29) is 17.6 Å². The lowest BCUT2D eigenvalue weighted by Gasteiger charge is -2.13. The molecule has 0 aliphatic heterocycles. The Kier molecular flexibility index (Phi) is 4.08.